The van der Waals surface area contributed by atoms with Crippen LogP contribution in [0, 0.1) is 0 Å². The summed E-state index contributed by atoms with van der Waals surface area (Å²) in [6.45, 7) is 0. The lowest BCUT2D eigenvalue weighted by atomic mass is 10.0. The molecule has 0 heterocycles. The van der Waals surface area contributed by atoms with Crippen molar-refractivity contribution < 1.29 is 9.59 Å². The maximum atomic E-state index is 10.3. The van der Waals surface area contributed by atoms with Crippen LogP contribution >= 0.6 is 23.2 Å². The topological polar surface area (TPSA) is 34.1 Å². The van der Waals surface area contributed by atoms with Crippen molar-refractivity contribution in [1.29, 1.82) is 0 Å². The standard InChI is InChI=1S/C9H4Cl2O2/c10-8-1-6(2-9(11)3-8)7(4-12)5-13/h1-3,7H. The van der Waals surface area contributed by atoms with E-state index in [1.165, 1.54) is 30.8 Å². The van der Waals surface area contributed by atoms with Crippen LogP contribution < -0.4 is 0 Å². The van der Waals surface area contributed by atoms with Gasteiger partial charge in [-0.1, -0.05) is 23.2 Å². The minimum atomic E-state index is -1.03. The second-order valence-corrected chi connectivity index (χ2v) is 3.24. The first-order valence-electron chi connectivity index (χ1n) is 3.38. The Morgan fingerprint density at radius 1 is 1.00 bits per heavy atom. The van der Waals surface area contributed by atoms with Crippen molar-refractivity contribution in [2.45, 2.75) is 5.92 Å². The monoisotopic (exact) mass is 214 g/mol. The van der Waals surface area contributed by atoms with Crippen molar-refractivity contribution in [2.24, 2.45) is 0 Å². The van der Waals surface area contributed by atoms with E-state index in [4.69, 9.17) is 23.2 Å². The summed E-state index contributed by atoms with van der Waals surface area (Å²) in [5, 5.41) is 0.746. The zero-order valence-corrected chi connectivity index (χ0v) is 7.89. The Morgan fingerprint density at radius 2 is 1.46 bits per heavy atom. The third kappa shape index (κ3) is 2.54. The number of carbonyl (C=O) groups excluding carboxylic acids is 2. The van der Waals surface area contributed by atoms with Crippen molar-refractivity contribution in [3.8, 4) is 0 Å². The van der Waals surface area contributed by atoms with Crippen molar-refractivity contribution in [3.63, 3.8) is 0 Å². The van der Waals surface area contributed by atoms with Gasteiger partial charge in [0.15, 0.2) is 0 Å². The van der Waals surface area contributed by atoms with E-state index >= 15 is 0 Å². The van der Waals surface area contributed by atoms with Gasteiger partial charge in [0.2, 0.25) is 12.6 Å². The molecule has 13 heavy (non-hydrogen) atoms. The molecule has 1 aromatic rings. The molecule has 0 aliphatic rings. The lowest BCUT2D eigenvalue weighted by Crippen LogP contribution is -2.00. The second kappa shape index (κ2) is 4.40. The van der Waals surface area contributed by atoms with Crippen LogP contribution in [0.1, 0.15) is 11.5 Å². The molecule has 0 aliphatic heterocycles. The van der Waals surface area contributed by atoms with Gasteiger partial charge < -0.3 is 0 Å². The van der Waals surface area contributed by atoms with E-state index < -0.39 is 5.92 Å². The molecule has 2 radical (unpaired) electrons. The van der Waals surface area contributed by atoms with Crippen LogP contribution in [0.4, 0.5) is 0 Å². The summed E-state index contributed by atoms with van der Waals surface area (Å²) in [5.41, 5.74) is 0.405. The first-order chi connectivity index (χ1) is 6.17. The summed E-state index contributed by atoms with van der Waals surface area (Å²) in [4.78, 5) is 20.6. The van der Waals surface area contributed by atoms with E-state index in [0.717, 1.165) is 0 Å². The summed E-state index contributed by atoms with van der Waals surface area (Å²) >= 11 is 11.3. The molecule has 0 saturated heterocycles. The molecule has 0 aromatic heterocycles. The molecular formula is C9H4Cl2O2. The van der Waals surface area contributed by atoms with Gasteiger partial charge in [-0.2, -0.15) is 0 Å². The van der Waals surface area contributed by atoms with Gasteiger partial charge >= 0.3 is 0 Å². The molecule has 2 nitrogen and oxygen atoms in total. The fraction of sp³-hybridized carbons (Fsp3) is 0.111. The van der Waals surface area contributed by atoms with Crippen LogP contribution in [0.2, 0.25) is 10.0 Å². The first kappa shape index (κ1) is 10.2. The molecule has 0 aliphatic carbocycles. The van der Waals surface area contributed by atoms with Crippen LogP contribution in [0.5, 0.6) is 0 Å². The molecule has 4 heteroatoms. The van der Waals surface area contributed by atoms with Crippen LogP contribution in [-0.2, 0) is 9.59 Å². The number of rotatable bonds is 3. The lowest BCUT2D eigenvalue weighted by molar-refractivity contribution is 0.534. The zero-order valence-electron chi connectivity index (χ0n) is 6.38. The minimum absolute atomic E-state index is 0.373. The van der Waals surface area contributed by atoms with E-state index in [2.05, 4.69) is 0 Å². The Balaban J connectivity index is 3.12. The summed E-state index contributed by atoms with van der Waals surface area (Å²) < 4.78 is 0. The molecule has 0 unspecified atom stereocenters. The molecule has 0 N–H and O–H groups in total. The molecule has 0 saturated carbocycles. The van der Waals surface area contributed by atoms with E-state index in [1.807, 2.05) is 0 Å². The Morgan fingerprint density at radius 3 is 1.85 bits per heavy atom. The van der Waals surface area contributed by atoms with Crippen LogP contribution in [0.25, 0.3) is 0 Å². The average molecular weight is 215 g/mol. The molecule has 1 rings (SSSR count). The predicted molar refractivity (Wildman–Crippen MR) is 50.6 cm³/mol. The zero-order chi connectivity index (χ0) is 9.84. The number of halogens is 2. The van der Waals surface area contributed by atoms with Gasteiger partial charge in [0.25, 0.3) is 0 Å². The van der Waals surface area contributed by atoms with Gasteiger partial charge in [-0.3, -0.25) is 9.59 Å². The highest BCUT2D eigenvalue weighted by molar-refractivity contribution is 6.34. The Hall–Kier alpha value is -0.860. The van der Waals surface area contributed by atoms with Gasteiger partial charge in [-0.05, 0) is 23.8 Å². The SMILES string of the molecule is O=[C]C([C]=O)c1cc(Cl)cc(Cl)c1. The summed E-state index contributed by atoms with van der Waals surface area (Å²) in [6.07, 6.45) is 3.06. The van der Waals surface area contributed by atoms with Gasteiger partial charge in [0, 0.05) is 10.0 Å². The number of hydrogen-bond acceptors (Lipinski definition) is 2. The van der Waals surface area contributed by atoms with Gasteiger partial charge in [0.1, 0.15) is 5.92 Å². The number of benzene rings is 1. The Kier molecular flexibility index (Phi) is 3.46. The highest BCUT2D eigenvalue weighted by Gasteiger charge is 2.12. The Bertz CT molecular complexity index is 308. The summed E-state index contributed by atoms with van der Waals surface area (Å²) in [5.74, 6) is -1.03. The summed E-state index contributed by atoms with van der Waals surface area (Å²) in [6, 6.07) is 4.47. The van der Waals surface area contributed by atoms with Crippen molar-refractivity contribution in [3.05, 3.63) is 33.8 Å². The first-order valence-corrected chi connectivity index (χ1v) is 4.14. The lowest BCUT2D eigenvalue weighted by Gasteiger charge is -2.02. The maximum Gasteiger partial charge on any atom is 0.214 e. The highest BCUT2D eigenvalue weighted by atomic mass is 35.5. The molecule has 0 bridgehead atoms. The van der Waals surface area contributed by atoms with E-state index in [9.17, 15) is 9.59 Å². The van der Waals surface area contributed by atoms with E-state index in [1.54, 1.807) is 0 Å². The molecule has 0 amide bonds. The smallest absolute Gasteiger partial charge is 0.214 e. The number of hydrogen-bond donors (Lipinski definition) is 0. The third-order valence-electron chi connectivity index (χ3n) is 1.45. The largest absolute Gasteiger partial charge is 0.290 e. The van der Waals surface area contributed by atoms with Gasteiger partial charge in [-0.25, -0.2) is 0 Å². The third-order valence-corrected chi connectivity index (χ3v) is 1.89. The van der Waals surface area contributed by atoms with Crippen molar-refractivity contribution in [2.75, 3.05) is 0 Å². The molecule has 0 fully saturated rings. The molecule has 0 atom stereocenters. The second-order valence-electron chi connectivity index (χ2n) is 2.37. The van der Waals surface area contributed by atoms with Crippen LogP contribution in [0.3, 0.4) is 0 Å². The molecule has 0 spiro atoms. The van der Waals surface area contributed by atoms with E-state index in [0.29, 0.717) is 15.6 Å². The predicted octanol–water partition coefficient (Wildman–Crippen LogP) is 2.30. The van der Waals surface area contributed by atoms with Gasteiger partial charge in [0.05, 0.1) is 0 Å². The normalized spacial score (nSPS) is 10.1. The fourth-order valence-corrected chi connectivity index (χ4v) is 1.44. The van der Waals surface area contributed by atoms with Crippen LogP contribution in [0.15, 0.2) is 18.2 Å². The van der Waals surface area contributed by atoms with E-state index in [-0.39, 0.29) is 0 Å². The fourth-order valence-electron chi connectivity index (χ4n) is 0.902. The quantitative estimate of drug-likeness (QED) is 0.725. The minimum Gasteiger partial charge on any atom is -0.290 e. The Labute approximate surface area is 85.5 Å². The maximum absolute atomic E-state index is 10.3. The molecule has 1 aromatic carbocycles. The van der Waals surface area contributed by atoms with Crippen molar-refractivity contribution in [1.82, 2.24) is 0 Å². The summed E-state index contributed by atoms with van der Waals surface area (Å²) in [7, 11) is 0. The van der Waals surface area contributed by atoms with Crippen molar-refractivity contribution >= 4 is 35.8 Å². The molecule has 66 valence electrons. The van der Waals surface area contributed by atoms with Crippen LogP contribution in [-0.4, -0.2) is 12.6 Å². The van der Waals surface area contributed by atoms with Gasteiger partial charge in [-0.15, -0.1) is 0 Å². The molecular weight excluding hydrogens is 211 g/mol. The highest BCUT2D eigenvalue weighted by Crippen LogP contribution is 2.22. The average Bonchev–Trinajstić information content (AvgIpc) is 2.04.